The summed E-state index contributed by atoms with van der Waals surface area (Å²) in [6, 6.07) is 10.0. The van der Waals surface area contributed by atoms with Crippen LogP contribution < -0.4 is 0 Å². The largest absolute Gasteiger partial charge is 0.768 e. The van der Waals surface area contributed by atoms with E-state index in [0.717, 1.165) is 0 Å². The van der Waals surface area contributed by atoms with Crippen molar-refractivity contribution in [3.8, 4) is 0 Å². The summed E-state index contributed by atoms with van der Waals surface area (Å²) in [7, 11) is 0. The predicted octanol–water partition coefficient (Wildman–Crippen LogP) is 1.40. The van der Waals surface area contributed by atoms with Crippen LogP contribution in [0.4, 0.5) is 0 Å². The van der Waals surface area contributed by atoms with Crippen molar-refractivity contribution in [1.82, 2.24) is 9.97 Å². The zero-order chi connectivity index (χ0) is 10.9. The zero-order valence-corrected chi connectivity index (χ0v) is 8.63. The Hall–Kier alpha value is -1.59. The Morgan fingerprint density at radius 3 is 1.87 bits per heavy atom. The molecule has 2 rings (SSSR count). The summed E-state index contributed by atoms with van der Waals surface area (Å²) in [5.74, 6) is 0. The first-order valence-corrected chi connectivity index (χ1v) is 5.22. The number of hydrogen-bond acceptors (Lipinski definition) is 4. The average Bonchev–Trinajstić information content (AvgIpc) is 2.33. The summed E-state index contributed by atoms with van der Waals surface area (Å²) >= 11 is -2.08. The molecular formula is C10H9N2O2S-. The van der Waals surface area contributed by atoms with Gasteiger partial charge in [-0.05, 0) is 29.3 Å². The highest BCUT2D eigenvalue weighted by molar-refractivity contribution is 7.79. The van der Waals surface area contributed by atoms with Gasteiger partial charge in [0.1, 0.15) is 6.33 Å². The highest BCUT2D eigenvalue weighted by atomic mass is 32.2. The number of aromatic nitrogens is 2. The molecule has 1 aromatic carbocycles. The van der Waals surface area contributed by atoms with Crippen molar-refractivity contribution in [1.29, 1.82) is 0 Å². The van der Waals surface area contributed by atoms with Crippen LogP contribution in [-0.2, 0) is 11.1 Å². The van der Waals surface area contributed by atoms with Crippen LogP contribution in [0.25, 0.3) is 0 Å². The van der Waals surface area contributed by atoms with Gasteiger partial charge in [0.05, 0.1) is 0 Å². The molecule has 4 nitrogen and oxygen atoms in total. The van der Waals surface area contributed by atoms with E-state index in [1.165, 1.54) is 6.33 Å². The van der Waals surface area contributed by atoms with Crippen molar-refractivity contribution < 1.29 is 8.76 Å². The number of benzene rings is 1. The lowest BCUT2D eigenvalue weighted by Crippen LogP contribution is -1.85. The zero-order valence-electron chi connectivity index (χ0n) is 7.82. The van der Waals surface area contributed by atoms with Crippen LogP contribution in [0.5, 0.6) is 0 Å². The third-order valence-corrected chi connectivity index (χ3v) is 2.07. The molecule has 0 saturated heterocycles. The quantitative estimate of drug-likeness (QED) is 0.683. The molecule has 0 saturated carbocycles. The van der Waals surface area contributed by atoms with Gasteiger partial charge in [-0.1, -0.05) is 18.2 Å². The molecule has 15 heavy (non-hydrogen) atoms. The molecule has 2 aromatic rings. The number of nitrogens with zero attached hydrogens (tertiary/aromatic N) is 2. The molecule has 1 unspecified atom stereocenters. The lowest BCUT2D eigenvalue weighted by atomic mass is 10.4. The molecule has 0 aliphatic carbocycles. The van der Waals surface area contributed by atoms with Gasteiger partial charge >= 0.3 is 0 Å². The van der Waals surface area contributed by atoms with Gasteiger partial charge in [0.15, 0.2) is 0 Å². The molecule has 0 N–H and O–H groups in total. The van der Waals surface area contributed by atoms with E-state index >= 15 is 0 Å². The Balaban J connectivity index is 0.000000162. The van der Waals surface area contributed by atoms with E-state index in [2.05, 4.69) is 9.97 Å². The third kappa shape index (κ3) is 4.99. The minimum absolute atomic E-state index is 0.331. The predicted molar refractivity (Wildman–Crippen MR) is 55.7 cm³/mol. The lowest BCUT2D eigenvalue weighted by molar-refractivity contribution is 0.537. The van der Waals surface area contributed by atoms with E-state index in [9.17, 15) is 8.76 Å². The second-order valence-electron chi connectivity index (χ2n) is 2.45. The fourth-order valence-electron chi connectivity index (χ4n) is 0.785. The van der Waals surface area contributed by atoms with Gasteiger partial charge < -0.3 is 4.55 Å². The second-order valence-corrected chi connectivity index (χ2v) is 3.39. The van der Waals surface area contributed by atoms with Gasteiger partial charge in [0.25, 0.3) is 0 Å². The first kappa shape index (κ1) is 11.5. The van der Waals surface area contributed by atoms with E-state index < -0.39 is 11.1 Å². The first-order valence-electron chi connectivity index (χ1n) is 4.15. The monoisotopic (exact) mass is 221 g/mol. The van der Waals surface area contributed by atoms with Crippen molar-refractivity contribution in [3.63, 3.8) is 0 Å². The molecule has 1 atom stereocenters. The van der Waals surface area contributed by atoms with Gasteiger partial charge in [-0.3, -0.25) is 4.21 Å². The van der Waals surface area contributed by atoms with Crippen LogP contribution in [0.3, 0.4) is 0 Å². The number of rotatable bonds is 1. The molecular weight excluding hydrogens is 212 g/mol. The summed E-state index contributed by atoms with van der Waals surface area (Å²) in [6.45, 7) is 0. The second kappa shape index (κ2) is 6.80. The van der Waals surface area contributed by atoms with Gasteiger partial charge in [0, 0.05) is 17.3 Å². The van der Waals surface area contributed by atoms with E-state index in [0.29, 0.717) is 4.90 Å². The lowest BCUT2D eigenvalue weighted by Gasteiger charge is -2.01. The van der Waals surface area contributed by atoms with E-state index in [-0.39, 0.29) is 0 Å². The number of hydrogen-bond donors (Lipinski definition) is 0. The molecule has 5 heteroatoms. The van der Waals surface area contributed by atoms with Gasteiger partial charge in [-0.15, -0.1) is 0 Å². The molecule has 0 amide bonds. The highest BCUT2D eigenvalue weighted by Gasteiger charge is 1.84. The van der Waals surface area contributed by atoms with E-state index in [1.807, 2.05) is 0 Å². The van der Waals surface area contributed by atoms with Crippen molar-refractivity contribution in [3.05, 3.63) is 55.1 Å². The normalized spacial score (nSPS) is 11.0. The van der Waals surface area contributed by atoms with Crippen molar-refractivity contribution in [2.24, 2.45) is 0 Å². The summed E-state index contributed by atoms with van der Waals surface area (Å²) < 4.78 is 20.4. The Bertz CT molecular complexity index is 368. The highest BCUT2D eigenvalue weighted by Crippen LogP contribution is 2.00. The van der Waals surface area contributed by atoms with E-state index in [4.69, 9.17) is 0 Å². The van der Waals surface area contributed by atoms with Crippen LogP contribution in [0, 0.1) is 0 Å². The maximum absolute atomic E-state index is 10.2. The van der Waals surface area contributed by atoms with Gasteiger partial charge in [-0.2, -0.15) is 0 Å². The minimum atomic E-state index is -2.08. The van der Waals surface area contributed by atoms with Crippen LogP contribution in [0.2, 0.25) is 0 Å². The van der Waals surface area contributed by atoms with Crippen LogP contribution >= 0.6 is 0 Å². The standard InChI is InChI=1S/C6H6O2S.C4H4N2/c7-9(8)6-4-2-1-3-5-6;1-2-5-4-6-3-1/h1-5H,(H,7,8);1-4H/p-1. The van der Waals surface area contributed by atoms with Crippen molar-refractivity contribution in [2.75, 3.05) is 0 Å². The van der Waals surface area contributed by atoms with Crippen molar-refractivity contribution in [2.45, 2.75) is 4.90 Å². The molecule has 78 valence electrons. The van der Waals surface area contributed by atoms with Gasteiger partial charge in [-0.25, -0.2) is 9.97 Å². The maximum atomic E-state index is 10.2. The Morgan fingerprint density at radius 1 is 1.00 bits per heavy atom. The molecule has 0 bridgehead atoms. The fraction of sp³-hybridized carbons (Fsp3) is 0. The Kier molecular flexibility index (Phi) is 5.21. The molecule has 0 radical (unpaired) electrons. The van der Waals surface area contributed by atoms with Gasteiger partial charge in [0.2, 0.25) is 0 Å². The van der Waals surface area contributed by atoms with Crippen LogP contribution in [0.15, 0.2) is 60.0 Å². The SMILES string of the molecule is O=S([O-])c1ccccc1.c1cncnc1. The summed E-state index contributed by atoms with van der Waals surface area (Å²) in [6.07, 6.45) is 4.88. The average molecular weight is 221 g/mol. The smallest absolute Gasteiger partial charge is 0.115 e. The minimum Gasteiger partial charge on any atom is -0.768 e. The molecule has 0 aliphatic heterocycles. The summed E-state index contributed by atoms with van der Waals surface area (Å²) in [5.41, 5.74) is 0. The molecule has 0 fully saturated rings. The van der Waals surface area contributed by atoms with E-state index in [1.54, 1.807) is 48.8 Å². The Labute approximate surface area is 90.3 Å². The molecule has 0 spiro atoms. The first-order chi connectivity index (χ1) is 7.30. The third-order valence-electron chi connectivity index (χ3n) is 1.41. The Morgan fingerprint density at radius 2 is 1.60 bits per heavy atom. The summed E-state index contributed by atoms with van der Waals surface area (Å²) in [4.78, 5) is 7.68. The molecule has 0 aliphatic rings. The topological polar surface area (TPSA) is 65.9 Å². The maximum Gasteiger partial charge on any atom is 0.115 e. The molecule has 1 heterocycles. The molecule has 1 aromatic heterocycles. The fourth-order valence-corrected chi connectivity index (χ4v) is 1.16. The van der Waals surface area contributed by atoms with Crippen LogP contribution in [-0.4, -0.2) is 18.7 Å². The summed E-state index contributed by atoms with van der Waals surface area (Å²) in [5, 5.41) is 0. The van der Waals surface area contributed by atoms with Crippen molar-refractivity contribution >= 4 is 11.1 Å². The van der Waals surface area contributed by atoms with Crippen LogP contribution in [0.1, 0.15) is 0 Å².